The minimum Gasteiger partial charge on any atom is -0.466 e. The molecule has 0 aliphatic heterocycles. The van der Waals surface area contributed by atoms with Gasteiger partial charge in [-0.15, -0.1) is 0 Å². The lowest BCUT2D eigenvalue weighted by Gasteiger charge is -2.20. The van der Waals surface area contributed by atoms with Crippen molar-refractivity contribution < 1.29 is 24.5 Å². The summed E-state index contributed by atoms with van der Waals surface area (Å²) in [6.07, 6.45) is 96.9. The minimum atomic E-state index is -0.843. The van der Waals surface area contributed by atoms with Crippen molar-refractivity contribution in [3.05, 3.63) is 36.5 Å². The third-order valence-electron chi connectivity index (χ3n) is 18.1. The predicted molar refractivity (Wildman–Crippen MR) is 375 cm³/mol. The standard InChI is InChI=1S/C79H151NO5/c1-3-5-7-9-11-13-15-17-18-19-20-36-39-42-45-48-51-55-59-63-67-71-77(82)76(75-81)80-78(83)72-68-64-60-56-52-49-46-43-40-37-34-32-30-28-26-24-22-21-23-25-27-29-31-33-35-38-41-44-47-50-54-58-62-66-70-74-85-79(84)73-69-65-61-57-53-16-14-12-10-8-6-4-2/h12,14,23,25,67,71,76-77,81-82H,3-11,13,15-22,24,26-66,68-70,72-75H2,1-2H3,(H,80,83)/b14-12-,25-23-,71-67+. The summed E-state index contributed by atoms with van der Waals surface area (Å²) >= 11 is 0. The van der Waals surface area contributed by atoms with Gasteiger partial charge in [-0.25, -0.2) is 0 Å². The maximum absolute atomic E-state index is 12.5. The number of amides is 1. The van der Waals surface area contributed by atoms with E-state index in [1.807, 2.05) is 6.08 Å². The molecule has 1 amide bonds. The highest BCUT2D eigenvalue weighted by Gasteiger charge is 2.18. The molecule has 0 radical (unpaired) electrons. The van der Waals surface area contributed by atoms with Crippen LogP contribution in [0.25, 0.3) is 0 Å². The molecule has 0 rings (SSSR count). The second-order valence-corrected chi connectivity index (χ2v) is 26.7. The molecule has 0 bridgehead atoms. The first-order valence-corrected chi connectivity index (χ1v) is 38.8. The van der Waals surface area contributed by atoms with E-state index in [4.69, 9.17) is 4.74 Å². The molecule has 0 saturated heterocycles. The molecule has 502 valence electrons. The average molecular weight is 1200 g/mol. The highest BCUT2D eigenvalue weighted by Crippen LogP contribution is 2.19. The lowest BCUT2D eigenvalue weighted by atomic mass is 10.0. The molecule has 0 heterocycles. The van der Waals surface area contributed by atoms with Gasteiger partial charge in [-0.05, 0) is 83.5 Å². The second kappa shape index (κ2) is 74.5. The van der Waals surface area contributed by atoms with Gasteiger partial charge in [0.2, 0.25) is 5.91 Å². The second-order valence-electron chi connectivity index (χ2n) is 26.7. The van der Waals surface area contributed by atoms with Crippen molar-refractivity contribution in [2.75, 3.05) is 13.2 Å². The molecule has 0 saturated carbocycles. The van der Waals surface area contributed by atoms with Crippen LogP contribution in [0.1, 0.15) is 431 Å². The third kappa shape index (κ3) is 71.0. The van der Waals surface area contributed by atoms with Gasteiger partial charge in [-0.1, -0.05) is 371 Å². The molecule has 0 aliphatic carbocycles. The van der Waals surface area contributed by atoms with Crippen molar-refractivity contribution in [3.63, 3.8) is 0 Å². The molecule has 0 aliphatic rings. The predicted octanol–water partition coefficient (Wildman–Crippen LogP) is 25.4. The van der Waals surface area contributed by atoms with Crippen LogP contribution in [0.15, 0.2) is 36.5 Å². The molecular weight excluding hydrogens is 1040 g/mol. The molecular formula is C79H151NO5. The Morgan fingerprint density at radius 1 is 0.318 bits per heavy atom. The normalized spacial score (nSPS) is 12.7. The molecule has 0 aromatic carbocycles. The Bertz CT molecular complexity index is 1380. The highest BCUT2D eigenvalue weighted by molar-refractivity contribution is 5.76. The van der Waals surface area contributed by atoms with Gasteiger partial charge in [0, 0.05) is 12.8 Å². The van der Waals surface area contributed by atoms with Crippen LogP contribution < -0.4 is 5.32 Å². The Morgan fingerprint density at radius 3 is 0.859 bits per heavy atom. The van der Waals surface area contributed by atoms with Crippen LogP contribution in [0.4, 0.5) is 0 Å². The quantitative estimate of drug-likeness (QED) is 0.0320. The molecule has 0 fully saturated rings. The first-order chi connectivity index (χ1) is 42.0. The van der Waals surface area contributed by atoms with Gasteiger partial charge in [0.15, 0.2) is 0 Å². The maximum atomic E-state index is 12.5. The molecule has 3 N–H and O–H groups in total. The van der Waals surface area contributed by atoms with Crippen molar-refractivity contribution in [2.24, 2.45) is 0 Å². The average Bonchev–Trinajstić information content (AvgIpc) is 3.51. The van der Waals surface area contributed by atoms with Crippen molar-refractivity contribution in [1.29, 1.82) is 0 Å². The van der Waals surface area contributed by atoms with Crippen molar-refractivity contribution >= 4 is 11.9 Å². The van der Waals surface area contributed by atoms with Crippen LogP contribution in [-0.2, 0) is 14.3 Å². The molecule has 2 atom stereocenters. The number of esters is 1. The Morgan fingerprint density at radius 2 is 0.553 bits per heavy atom. The van der Waals surface area contributed by atoms with Gasteiger partial charge in [0.1, 0.15) is 0 Å². The number of carbonyl (C=O) groups excluding carboxylic acids is 2. The zero-order chi connectivity index (χ0) is 61.3. The number of hydrogen-bond acceptors (Lipinski definition) is 5. The number of hydrogen-bond donors (Lipinski definition) is 3. The lowest BCUT2D eigenvalue weighted by molar-refractivity contribution is -0.143. The number of aliphatic hydroxyl groups is 2. The van der Waals surface area contributed by atoms with Crippen LogP contribution in [0.5, 0.6) is 0 Å². The number of unbranched alkanes of at least 4 members (excludes halogenated alkanes) is 58. The maximum Gasteiger partial charge on any atom is 0.305 e. The topological polar surface area (TPSA) is 95.9 Å². The number of allylic oxidation sites excluding steroid dienone is 5. The SMILES string of the molecule is CCCCC/C=C\CCCCCCCC(=O)OCCCCCCCCCCCCCCCC/C=C\CCCCCCCCCCCCCCCCCCCC(=O)NC(CO)C(O)/C=C/CCCCCCCCCCCCCCCCCCCCC. The van der Waals surface area contributed by atoms with Crippen molar-refractivity contribution in [1.82, 2.24) is 5.32 Å². The molecule has 2 unspecified atom stereocenters. The van der Waals surface area contributed by atoms with E-state index in [2.05, 4.69) is 43.5 Å². The Balaban J connectivity index is 3.37. The fourth-order valence-corrected chi connectivity index (χ4v) is 12.2. The summed E-state index contributed by atoms with van der Waals surface area (Å²) in [6, 6.07) is -0.626. The number of ether oxygens (including phenoxy) is 1. The molecule has 6 nitrogen and oxygen atoms in total. The van der Waals surface area contributed by atoms with E-state index in [9.17, 15) is 19.8 Å². The van der Waals surface area contributed by atoms with E-state index >= 15 is 0 Å². The van der Waals surface area contributed by atoms with Gasteiger partial charge in [-0.3, -0.25) is 9.59 Å². The molecule has 6 heteroatoms. The van der Waals surface area contributed by atoms with E-state index in [0.717, 1.165) is 44.9 Å². The van der Waals surface area contributed by atoms with Crippen LogP contribution in [0.2, 0.25) is 0 Å². The minimum absolute atomic E-state index is 0.0103. The summed E-state index contributed by atoms with van der Waals surface area (Å²) in [5.74, 6) is -0.0497. The van der Waals surface area contributed by atoms with E-state index in [1.165, 1.54) is 360 Å². The number of carbonyl (C=O) groups is 2. The van der Waals surface area contributed by atoms with E-state index < -0.39 is 12.1 Å². The monoisotopic (exact) mass is 1190 g/mol. The van der Waals surface area contributed by atoms with Gasteiger partial charge in [0.05, 0.1) is 25.4 Å². The Hall–Kier alpha value is -1.92. The molecule has 0 aromatic heterocycles. The number of rotatable bonds is 73. The number of nitrogens with one attached hydrogen (secondary N) is 1. The van der Waals surface area contributed by atoms with E-state index in [1.54, 1.807) is 6.08 Å². The molecule has 0 aromatic rings. The largest absolute Gasteiger partial charge is 0.466 e. The summed E-state index contributed by atoms with van der Waals surface area (Å²) in [4.78, 5) is 24.6. The van der Waals surface area contributed by atoms with Crippen LogP contribution in [-0.4, -0.2) is 47.4 Å². The zero-order valence-electron chi connectivity index (χ0n) is 57.6. The van der Waals surface area contributed by atoms with Crippen LogP contribution >= 0.6 is 0 Å². The fraction of sp³-hybridized carbons (Fsp3) is 0.899. The van der Waals surface area contributed by atoms with Crippen LogP contribution in [0.3, 0.4) is 0 Å². The van der Waals surface area contributed by atoms with Crippen molar-refractivity contribution in [2.45, 2.75) is 443 Å². The molecule has 0 spiro atoms. The van der Waals surface area contributed by atoms with Crippen molar-refractivity contribution in [3.8, 4) is 0 Å². The van der Waals surface area contributed by atoms with Crippen LogP contribution in [0, 0.1) is 0 Å². The summed E-state index contributed by atoms with van der Waals surface area (Å²) in [5, 5.41) is 23.3. The first kappa shape index (κ1) is 83.1. The summed E-state index contributed by atoms with van der Waals surface area (Å²) in [7, 11) is 0. The number of aliphatic hydroxyl groups excluding tert-OH is 2. The van der Waals surface area contributed by atoms with Gasteiger partial charge in [0.25, 0.3) is 0 Å². The van der Waals surface area contributed by atoms with E-state index in [0.29, 0.717) is 19.4 Å². The Kier molecular flexibility index (Phi) is 72.9. The zero-order valence-corrected chi connectivity index (χ0v) is 57.6. The third-order valence-corrected chi connectivity index (χ3v) is 18.1. The summed E-state index contributed by atoms with van der Waals surface area (Å²) < 4.78 is 5.48. The lowest BCUT2D eigenvalue weighted by Crippen LogP contribution is -2.45. The Labute approximate surface area is 532 Å². The summed E-state index contributed by atoms with van der Waals surface area (Å²) in [6.45, 7) is 4.92. The van der Waals surface area contributed by atoms with Gasteiger partial charge < -0.3 is 20.3 Å². The van der Waals surface area contributed by atoms with Gasteiger partial charge >= 0.3 is 5.97 Å². The fourth-order valence-electron chi connectivity index (χ4n) is 12.2. The highest BCUT2D eigenvalue weighted by atomic mass is 16.5. The summed E-state index contributed by atoms with van der Waals surface area (Å²) in [5.41, 5.74) is 0. The first-order valence-electron chi connectivity index (χ1n) is 38.8. The smallest absolute Gasteiger partial charge is 0.305 e. The molecule has 85 heavy (non-hydrogen) atoms. The van der Waals surface area contributed by atoms with E-state index in [-0.39, 0.29) is 18.5 Å². The van der Waals surface area contributed by atoms with Gasteiger partial charge in [-0.2, -0.15) is 0 Å².